The van der Waals surface area contributed by atoms with Gasteiger partial charge in [0.25, 0.3) is 5.91 Å². The van der Waals surface area contributed by atoms with E-state index in [0.29, 0.717) is 0 Å². The van der Waals surface area contributed by atoms with Crippen LogP contribution in [0.5, 0.6) is 0 Å². The summed E-state index contributed by atoms with van der Waals surface area (Å²) in [7, 11) is 0. The Balaban J connectivity index is 2.24. The molecular formula is C15H19NO6. The van der Waals surface area contributed by atoms with Gasteiger partial charge >= 0.3 is 5.97 Å². The third kappa shape index (κ3) is 2.61. The van der Waals surface area contributed by atoms with Crippen LogP contribution in [0.15, 0.2) is 12.2 Å². The molecule has 2 aliphatic heterocycles. The monoisotopic (exact) mass is 309 g/mol. The summed E-state index contributed by atoms with van der Waals surface area (Å²) >= 11 is 0. The highest BCUT2D eigenvalue weighted by Gasteiger charge is 2.64. The second-order valence-electron chi connectivity index (χ2n) is 5.96. The van der Waals surface area contributed by atoms with E-state index in [1.54, 1.807) is 13.8 Å². The fraction of sp³-hybridized carbons (Fsp3) is 0.600. The van der Waals surface area contributed by atoms with Crippen LogP contribution in [0, 0.1) is 12.3 Å². The highest BCUT2D eigenvalue weighted by molar-refractivity contribution is 5.96. The number of carboxylic acid groups (broad SMARTS) is 1. The number of rotatable bonds is 5. The number of carbonyl (C=O) groups is 2. The van der Waals surface area contributed by atoms with Gasteiger partial charge in [0.05, 0.1) is 19.2 Å². The number of likely N-dealkylation sites (tertiary alicyclic amines) is 1. The Labute approximate surface area is 128 Å². The minimum absolute atomic E-state index is 0.00560. The van der Waals surface area contributed by atoms with Gasteiger partial charge in [0, 0.05) is 12.0 Å². The second-order valence-corrected chi connectivity index (χ2v) is 5.96. The lowest BCUT2D eigenvalue weighted by Crippen LogP contribution is -2.77. The summed E-state index contributed by atoms with van der Waals surface area (Å²) in [4.78, 5) is 24.4. The van der Waals surface area contributed by atoms with Gasteiger partial charge in [-0.3, -0.25) is 4.79 Å². The molecule has 120 valence electrons. The van der Waals surface area contributed by atoms with E-state index in [1.807, 2.05) is 0 Å². The zero-order chi connectivity index (χ0) is 16.7. The molecule has 2 saturated heterocycles. The maximum atomic E-state index is 12.2. The summed E-state index contributed by atoms with van der Waals surface area (Å²) in [6, 6.07) is -0.770. The van der Waals surface area contributed by atoms with Crippen LogP contribution in [0.2, 0.25) is 0 Å². The van der Waals surface area contributed by atoms with Crippen molar-refractivity contribution in [1.82, 2.24) is 4.90 Å². The first-order chi connectivity index (χ1) is 10.1. The molecule has 1 amide bonds. The molecule has 0 aromatic carbocycles. The van der Waals surface area contributed by atoms with Crippen LogP contribution in [0.25, 0.3) is 0 Å². The SMILES string of the molecule is C#CCN1C(=O)[C@@](O)(CC(=C)C(=O)O)[C@@H]1[C@H]1COC(C)(C)O1. The van der Waals surface area contributed by atoms with Gasteiger partial charge < -0.3 is 24.6 Å². The number of aliphatic carboxylic acids is 1. The van der Waals surface area contributed by atoms with E-state index in [2.05, 4.69) is 12.5 Å². The largest absolute Gasteiger partial charge is 0.478 e. The lowest BCUT2D eigenvalue weighted by molar-refractivity contribution is -0.213. The Hall–Kier alpha value is -1.88. The fourth-order valence-electron chi connectivity index (χ4n) is 2.92. The van der Waals surface area contributed by atoms with Crippen LogP contribution in [0.4, 0.5) is 0 Å². The zero-order valence-electron chi connectivity index (χ0n) is 12.5. The molecule has 0 saturated carbocycles. The lowest BCUT2D eigenvalue weighted by Gasteiger charge is -2.54. The quantitative estimate of drug-likeness (QED) is 0.413. The van der Waals surface area contributed by atoms with Crippen LogP contribution in [0.1, 0.15) is 20.3 Å². The summed E-state index contributed by atoms with van der Waals surface area (Å²) in [5.41, 5.74) is -2.14. The summed E-state index contributed by atoms with van der Waals surface area (Å²) in [5, 5.41) is 19.6. The maximum absolute atomic E-state index is 12.2. The van der Waals surface area contributed by atoms with E-state index in [1.165, 1.54) is 4.90 Å². The van der Waals surface area contributed by atoms with Crippen molar-refractivity contribution < 1.29 is 29.3 Å². The van der Waals surface area contributed by atoms with Gasteiger partial charge in [-0.1, -0.05) is 12.5 Å². The fourth-order valence-corrected chi connectivity index (χ4v) is 2.92. The smallest absolute Gasteiger partial charge is 0.331 e. The number of hydrogen-bond acceptors (Lipinski definition) is 5. The number of aliphatic hydroxyl groups is 1. The van der Waals surface area contributed by atoms with Crippen LogP contribution >= 0.6 is 0 Å². The van der Waals surface area contributed by atoms with Crippen molar-refractivity contribution in [1.29, 1.82) is 0 Å². The minimum atomic E-state index is -1.89. The minimum Gasteiger partial charge on any atom is -0.478 e. The van der Waals surface area contributed by atoms with Crippen molar-refractivity contribution in [2.24, 2.45) is 0 Å². The number of hydrogen-bond donors (Lipinski definition) is 2. The molecule has 0 aromatic rings. The predicted octanol–water partition coefficient (Wildman–Crippen LogP) is -0.256. The first-order valence-electron chi connectivity index (χ1n) is 6.82. The average Bonchev–Trinajstić information content (AvgIpc) is 2.77. The molecule has 0 aromatic heterocycles. The Kier molecular flexibility index (Phi) is 4.04. The van der Waals surface area contributed by atoms with Gasteiger partial charge in [-0.15, -0.1) is 6.42 Å². The molecule has 3 atom stereocenters. The van der Waals surface area contributed by atoms with E-state index in [9.17, 15) is 14.7 Å². The number of terminal acetylenes is 1. The number of ether oxygens (including phenoxy) is 2. The highest BCUT2D eigenvalue weighted by Crippen LogP contribution is 2.41. The lowest BCUT2D eigenvalue weighted by atomic mass is 9.75. The van der Waals surface area contributed by atoms with Gasteiger partial charge in [0.2, 0.25) is 0 Å². The van der Waals surface area contributed by atoms with Crippen LogP contribution in [0.3, 0.4) is 0 Å². The molecule has 2 heterocycles. The van der Waals surface area contributed by atoms with Crippen molar-refractivity contribution in [3.63, 3.8) is 0 Å². The molecule has 0 bridgehead atoms. The Bertz CT molecular complexity index is 563. The highest BCUT2D eigenvalue weighted by atomic mass is 16.7. The normalized spacial score (nSPS) is 33.2. The molecule has 2 rings (SSSR count). The molecule has 0 spiro atoms. The predicted molar refractivity (Wildman–Crippen MR) is 75.6 cm³/mol. The third-order valence-corrected chi connectivity index (χ3v) is 3.89. The van der Waals surface area contributed by atoms with Crippen LogP contribution in [-0.2, 0) is 19.1 Å². The Morgan fingerprint density at radius 2 is 2.23 bits per heavy atom. The molecule has 2 N–H and O–H groups in total. The van der Waals surface area contributed by atoms with Crippen LogP contribution < -0.4 is 0 Å². The summed E-state index contributed by atoms with van der Waals surface area (Å²) in [6.07, 6.45) is 4.27. The zero-order valence-corrected chi connectivity index (χ0v) is 12.5. The summed E-state index contributed by atoms with van der Waals surface area (Å²) in [6.45, 7) is 6.99. The van der Waals surface area contributed by atoms with Crippen molar-refractivity contribution in [3.8, 4) is 12.3 Å². The number of carbonyl (C=O) groups excluding carboxylic acids is 1. The molecule has 2 fully saturated rings. The van der Waals surface area contributed by atoms with Crippen molar-refractivity contribution >= 4 is 11.9 Å². The molecule has 0 radical (unpaired) electrons. The molecule has 2 aliphatic rings. The van der Waals surface area contributed by atoms with Gasteiger partial charge in [-0.05, 0) is 13.8 Å². The molecule has 0 aliphatic carbocycles. The van der Waals surface area contributed by atoms with Gasteiger partial charge in [0.15, 0.2) is 11.4 Å². The van der Waals surface area contributed by atoms with E-state index in [4.69, 9.17) is 21.0 Å². The van der Waals surface area contributed by atoms with Crippen molar-refractivity contribution in [3.05, 3.63) is 12.2 Å². The molecule has 0 unspecified atom stereocenters. The molecule has 7 heteroatoms. The topological polar surface area (TPSA) is 96.3 Å². The second kappa shape index (κ2) is 5.39. The summed E-state index contributed by atoms with van der Waals surface area (Å²) < 4.78 is 11.1. The molecule has 7 nitrogen and oxygen atoms in total. The summed E-state index contributed by atoms with van der Waals surface area (Å²) in [5.74, 6) is -0.374. The maximum Gasteiger partial charge on any atom is 0.331 e. The first-order valence-corrected chi connectivity index (χ1v) is 6.82. The van der Waals surface area contributed by atoms with E-state index >= 15 is 0 Å². The average molecular weight is 309 g/mol. The van der Waals surface area contributed by atoms with Crippen molar-refractivity contribution in [2.45, 2.75) is 43.8 Å². The Morgan fingerprint density at radius 3 is 2.68 bits per heavy atom. The number of amides is 1. The molecule has 22 heavy (non-hydrogen) atoms. The number of β-lactam (4-membered cyclic amide) rings is 1. The number of carboxylic acids is 1. The van der Waals surface area contributed by atoms with Crippen LogP contribution in [-0.4, -0.2) is 63.7 Å². The number of nitrogens with zero attached hydrogens (tertiary/aromatic N) is 1. The standard InChI is InChI=1S/C15H19NO6/c1-5-6-16-11(10-8-21-14(3,4)22-10)15(20,13(16)19)7-9(2)12(17)18/h1,10-11,20H,2,6-8H2,3-4H3,(H,17,18)/t10-,11+,15-/m1/s1. The Morgan fingerprint density at radius 1 is 1.59 bits per heavy atom. The van der Waals surface area contributed by atoms with Gasteiger partial charge in [-0.2, -0.15) is 0 Å². The van der Waals surface area contributed by atoms with E-state index in [0.717, 1.165) is 0 Å². The van der Waals surface area contributed by atoms with E-state index < -0.39 is 35.4 Å². The van der Waals surface area contributed by atoms with E-state index in [-0.39, 0.29) is 25.1 Å². The molecular weight excluding hydrogens is 290 g/mol. The first kappa shape index (κ1) is 16.5. The van der Waals surface area contributed by atoms with Crippen molar-refractivity contribution in [2.75, 3.05) is 13.2 Å². The third-order valence-electron chi connectivity index (χ3n) is 3.89. The van der Waals surface area contributed by atoms with Gasteiger partial charge in [0.1, 0.15) is 6.10 Å². The van der Waals surface area contributed by atoms with Gasteiger partial charge in [-0.25, -0.2) is 4.79 Å².